The van der Waals surface area contributed by atoms with Gasteiger partial charge in [0.2, 0.25) is 5.88 Å². The van der Waals surface area contributed by atoms with Crippen molar-refractivity contribution in [2.75, 3.05) is 26.3 Å². The molecule has 11 nitrogen and oxygen atoms in total. The number of aliphatic hydroxyl groups excluding tert-OH is 2. The van der Waals surface area contributed by atoms with Crippen molar-refractivity contribution in [1.82, 2.24) is 19.9 Å². The lowest BCUT2D eigenvalue weighted by Crippen LogP contribution is -2.42. The molecule has 5 heterocycles. The van der Waals surface area contributed by atoms with Gasteiger partial charge in [-0.25, -0.2) is 8.78 Å². The summed E-state index contributed by atoms with van der Waals surface area (Å²) in [5.74, 6) is -2.57. The number of piperidine rings is 1. The van der Waals surface area contributed by atoms with Gasteiger partial charge in [-0.05, 0) is 31.0 Å². The molecular weight excluding hydrogens is 542 g/mol. The Labute approximate surface area is 225 Å². The van der Waals surface area contributed by atoms with Gasteiger partial charge in [0.25, 0.3) is 11.9 Å². The molecule has 2 aromatic heterocycles. The average molecular weight is 567 g/mol. The summed E-state index contributed by atoms with van der Waals surface area (Å²) in [6, 6.07) is 3.52. The minimum Gasteiger partial charge on any atom is -0.471 e. The number of hydrogen-bond acceptors (Lipinski definition) is 9. The monoisotopic (exact) mass is 566 g/mol. The molecule has 3 aliphatic rings. The van der Waals surface area contributed by atoms with Crippen LogP contribution in [0.3, 0.4) is 0 Å². The maximum absolute atomic E-state index is 14.8. The molecule has 2 unspecified atom stereocenters. The number of pyridine rings is 1. The Bertz CT molecular complexity index is 1390. The maximum Gasteiger partial charge on any atom is 0.296 e. The maximum atomic E-state index is 14.8. The largest absolute Gasteiger partial charge is 0.471 e. The van der Waals surface area contributed by atoms with Crippen LogP contribution in [0.25, 0.3) is 11.2 Å². The van der Waals surface area contributed by atoms with Crippen LogP contribution < -0.4 is 9.47 Å². The van der Waals surface area contributed by atoms with Crippen LogP contribution in [0.4, 0.5) is 8.78 Å². The molecular formula is C25H25ClF2N4O7. The fourth-order valence-corrected chi connectivity index (χ4v) is 5.26. The van der Waals surface area contributed by atoms with E-state index >= 15 is 0 Å². The van der Waals surface area contributed by atoms with E-state index in [1.807, 2.05) is 0 Å². The number of nitrogens with zero attached hydrogens (tertiary/aromatic N) is 3. The first-order valence-electron chi connectivity index (χ1n) is 12.5. The minimum absolute atomic E-state index is 0.0699. The molecule has 0 saturated carbocycles. The highest BCUT2D eigenvalue weighted by atomic mass is 35.5. The SMILES string of the molecule is O=C(c1cc(F)c(COc2nc3nc(O[C@@H]4COC5C4OC[C@H]5O)[nH]c3cc2Cl)c(F)c1)N1CCC[C@@H](O)C1. The molecule has 6 rings (SSSR count). The molecule has 0 aliphatic carbocycles. The lowest BCUT2D eigenvalue weighted by Gasteiger charge is -2.30. The van der Waals surface area contributed by atoms with Gasteiger partial charge in [-0.3, -0.25) is 4.79 Å². The molecule has 3 saturated heterocycles. The summed E-state index contributed by atoms with van der Waals surface area (Å²) in [4.78, 5) is 25.5. The molecule has 1 aromatic carbocycles. The Morgan fingerprint density at radius 1 is 1.15 bits per heavy atom. The highest BCUT2D eigenvalue weighted by molar-refractivity contribution is 6.32. The van der Waals surface area contributed by atoms with E-state index in [2.05, 4.69) is 15.0 Å². The van der Waals surface area contributed by atoms with Gasteiger partial charge in [-0.1, -0.05) is 11.6 Å². The molecule has 14 heteroatoms. The zero-order valence-corrected chi connectivity index (χ0v) is 21.2. The van der Waals surface area contributed by atoms with E-state index in [-0.39, 0.29) is 47.9 Å². The van der Waals surface area contributed by atoms with Crippen molar-refractivity contribution in [2.24, 2.45) is 0 Å². The number of aromatic nitrogens is 3. The van der Waals surface area contributed by atoms with Crippen LogP contribution in [-0.4, -0.2) is 92.8 Å². The zero-order valence-electron chi connectivity index (χ0n) is 20.5. The number of ether oxygens (including phenoxy) is 4. The van der Waals surface area contributed by atoms with Crippen molar-refractivity contribution in [3.63, 3.8) is 0 Å². The van der Waals surface area contributed by atoms with Gasteiger partial charge in [0.1, 0.15) is 41.6 Å². The number of rotatable bonds is 6. The Kier molecular flexibility index (Phi) is 7.02. The van der Waals surface area contributed by atoms with Crippen LogP contribution in [0.2, 0.25) is 5.02 Å². The number of benzene rings is 1. The number of carbonyl (C=O) groups is 1. The first kappa shape index (κ1) is 26.1. The summed E-state index contributed by atoms with van der Waals surface area (Å²) in [7, 11) is 0. The molecule has 5 atom stereocenters. The number of aromatic amines is 1. The lowest BCUT2D eigenvalue weighted by atomic mass is 10.1. The number of carbonyl (C=O) groups excluding carboxylic acids is 1. The third kappa shape index (κ3) is 5.12. The molecule has 3 fully saturated rings. The summed E-state index contributed by atoms with van der Waals surface area (Å²) >= 11 is 6.28. The number of imidazole rings is 1. The molecule has 3 aromatic rings. The van der Waals surface area contributed by atoms with Crippen molar-refractivity contribution in [3.8, 4) is 11.9 Å². The number of amides is 1. The Balaban J connectivity index is 1.14. The number of β-amino-alcohol motifs (C(OH)–C–C–N with tert-alkyl or cyclic N) is 1. The molecule has 0 spiro atoms. The van der Waals surface area contributed by atoms with E-state index in [1.54, 1.807) is 0 Å². The van der Waals surface area contributed by atoms with Crippen LogP contribution in [-0.2, 0) is 16.1 Å². The molecule has 0 bridgehead atoms. The van der Waals surface area contributed by atoms with Gasteiger partial charge in [0, 0.05) is 18.7 Å². The van der Waals surface area contributed by atoms with Gasteiger partial charge < -0.3 is 39.0 Å². The summed E-state index contributed by atoms with van der Waals surface area (Å²) in [5.41, 5.74) is 0.0795. The van der Waals surface area contributed by atoms with E-state index in [0.29, 0.717) is 24.9 Å². The number of hydrogen-bond donors (Lipinski definition) is 3. The van der Waals surface area contributed by atoms with Crippen molar-refractivity contribution < 1.29 is 42.7 Å². The number of nitrogens with one attached hydrogen (secondary N) is 1. The standard InChI is InChI=1S/C25H25ClF2N4O7/c26-14-6-17-22(31-25(29-17)39-19-10-37-20-18(34)9-36-21(19)20)30-23(14)38-8-13-15(27)4-11(5-16(13)28)24(35)32-3-1-2-12(33)7-32/h4-6,12,18-21,33-34H,1-3,7-10H2,(H,29,30,31)/t12-,18-,19-,20?,21?/m1/s1. The average Bonchev–Trinajstić information content (AvgIpc) is 3.59. The van der Waals surface area contributed by atoms with Crippen molar-refractivity contribution >= 4 is 28.7 Å². The van der Waals surface area contributed by atoms with Gasteiger partial charge >= 0.3 is 0 Å². The van der Waals surface area contributed by atoms with Gasteiger partial charge in [-0.15, -0.1) is 0 Å². The van der Waals surface area contributed by atoms with E-state index in [9.17, 15) is 23.8 Å². The fraction of sp³-hybridized carbons (Fsp3) is 0.480. The van der Waals surface area contributed by atoms with E-state index in [0.717, 1.165) is 12.1 Å². The molecule has 0 radical (unpaired) electrons. The second kappa shape index (κ2) is 10.5. The van der Waals surface area contributed by atoms with E-state index < -0.39 is 60.2 Å². The number of fused-ring (bicyclic) bond motifs is 2. The van der Waals surface area contributed by atoms with E-state index in [4.69, 9.17) is 30.5 Å². The molecule has 3 aliphatic heterocycles. The zero-order chi connectivity index (χ0) is 27.3. The minimum atomic E-state index is -0.958. The Morgan fingerprint density at radius 2 is 1.92 bits per heavy atom. The number of halogens is 3. The van der Waals surface area contributed by atoms with Crippen LogP contribution in [0.15, 0.2) is 18.2 Å². The van der Waals surface area contributed by atoms with Gasteiger partial charge in [0.05, 0.1) is 30.4 Å². The third-order valence-corrected chi connectivity index (χ3v) is 7.31. The van der Waals surface area contributed by atoms with Gasteiger partial charge in [0.15, 0.2) is 11.8 Å². The summed E-state index contributed by atoms with van der Waals surface area (Å²) in [5, 5.41) is 19.8. The summed E-state index contributed by atoms with van der Waals surface area (Å²) < 4.78 is 52.1. The predicted octanol–water partition coefficient (Wildman–Crippen LogP) is 1.97. The van der Waals surface area contributed by atoms with Crippen molar-refractivity contribution in [2.45, 2.75) is 50.0 Å². The van der Waals surface area contributed by atoms with Crippen LogP contribution in [0.1, 0.15) is 28.8 Å². The quantitative estimate of drug-likeness (QED) is 0.408. The molecule has 39 heavy (non-hydrogen) atoms. The molecule has 1 amide bonds. The normalized spacial score (nSPS) is 26.7. The predicted molar refractivity (Wildman–Crippen MR) is 131 cm³/mol. The second-order valence-corrected chi connectivity index (χ2v) is 10.2. The first-order valence-corrected chi connectivity index (χ1v) is 12.9. The number of aliphatic hydroxyl groups is 2. The van der Waals surface area contributed by atoms with Crippen LogP contribution in [0, 0.1) is 11.6 Å². The fourth-order valence-electron chi connectivity index (χ4n) is 5.05. The number of likely N-dealkylation sites (tertiary alicyclic amines) is 1. The van der Waals surface area contributed by atoms with Crippen LogP contribution in [0.5, 0.6) is 11.9 Å². The highest BCUT2D eigenvalue weighted by Crippen LogP contribution is 2.32. The smallest absolute Gasteiger partial charge is 0.296 e. The van der Waals surface area contributed by atoms with Gasteiger partial charge in [-0.2, -0.15) is 9.97 Å². The van der Waals surface area contributed by atoms with Crippen LogP contribution >= 0.6 is 11.6 Å². The Morgan fingerprint density at radius 3 is 2.69 bits per heavy atom. The lowest BCUT2D eigenvalue weighted by molar-refractivity contribution is 0.00706. The second-order valence-electron chi connectivity index (χ2n) is 9.76. The summed E-state index contributed by atoms with van der Waals surface area (Å²) in [6.07, 6.45) is -1.56. The molecule has 208 valence electrons. The van der Waals surface area contributed by atoms with Crippen molar-refractivity contribution in [3.05, 3.63) is 46.0 Å². The first-order chi connectivity index (χ1) is 18.8. The van der Waals surface area contributed by atoms with Crippen molar-refractivity contribution in [1.29, 1.82) is 0 Å². The number of H-pyrrole nitrogens is 1. The molecule has 3 N–H and O–H groups in total. The van der Waals surface area contributed by atoms with E-state index in [1.165, 1.54) is 11.0 Å². The Hall–Kier alpha value is -3.10. The highest BCUT2D eigenvalue weighted by Gasteiger charge is 2.48. The summed E-state index contributed by atoms with van der Waals surface area (Å²) in [6.45, 7) is 0.362. The third-order valence-electron chi connectivity index (χ3n) is 7.04. The topological polar surface area (TPSA) is 139 Å².